The average Bonchev–Trinajstić information content (AvgIpc) is 2.79. The second-order valence-electron chi connectivity index (χ2n) is 8.30. The SMILES string of the molecule is C[C@]12CC[C@H](C3CCCCC3)C[C@@]1(O)CC[C@@H]2/C=N/NC(=N)N. The molecule has 0 aromatic heterocycles. The van der Waals surface area contributed by atoms with Crippen LogP contribution in [0.2, 0.25) is 0 Å². The van der Waals surface area contributed by atoms with E-state index in [1.54, 1.807) is 0 Å². The molecule has 23 heavy (non-hydrogen) atoms. The molecule has 3 saturated carbocycles. The quantitative estimate of drug-likeness (QED) is 0.366. The number of aliphatic hydroxyl groups is 1. The molecule has 0 saturated heterocycles. The highest BCUT2D eigenvalue weighted by Gasteiger charge is 2.58. The highest BCUT2D eigenvalue weighted by Crippen LogP contribution is 2.60. The van der Waals surface area contributed by atoms with Gasteiger partial charge in [-0.2, -0.15) is 5.10 Å². The summed E-state index contributed by atoms with van der Waals surface area (Å²) < 4.78 is 0. The van der Waals surface area contributed by atoms with Crippen molar-refractivity contribution in [3.63, 3.8) is 0 Å². The number of hydrogen-bond acceptors (Lipinski definition) is 3. The molecular weight excluding hydrogens is 288 g/mol. The van der Waals surface area contributed by atoms with Gasteiger partial charge in [0, 0.05) is 17.5 Å². The van der Waals surface area contributed by atoms with Crippen LogP contribution in [0.5, 0.6) is 0 Å². The van der Waals surface area contributed by atoms with E-state index in [9.17, 15) is 5.11 Å². The Labute approximate surface area is 139 Å². The van der Waals surface area contributed by atoms with E-state index in [0.29, 0.717) is 5.92 Å². The van der Waals surface area contributed by atoms with Crippen LogP contribution >= 0.6 is 0 Å². The Hall–Kier alpha value is -1.10. The maximum Gasteiger partial charge on any atom is 0.206 e. The molecule has 0 unspecified atom stereocenters. The summed E-state index contributed by atoms with van der Waals surface area (Å²) in [7, 11) is 0. The largest absolute Gasteiger partial charge is 0.389 e. The van der Waals surface area contributed by atoms with Gasteiger partial charge in [-0.3, -0.25) is 5.41 Å². The van der Waals surface area contributed by atoms with Crippen molar-refractivity contribution in [3.8, 4) is 0 Å². The molecule has 0 aromatic carbocycles. The zero-order chi connectivity index (χ0) is 16.5. The smallest absolute Gasteiger partial charge is 0.206 e. The van der Waals surface area contributed by atoms with Gasteiger partial charge in [0.1, 0.15) is 0 Å². The van der Waals surface area contributed by atoms with Gasteiger partial charge >= 0.3 is 0 Å². The summed E-state index contributed by atoms with van der Waals surface area (Å²) in [5.74, 6) is 1.68. The predicted molar refractivity (Wildman–Crippen MR) is 93.2 cm³/mol. The molecule has 4 atom stereocenters. The van der Waals surface area contributed by atoms with Gasteiger partial charge in [0.2, 0.25) is 5.96 Å². The molecule has 3 rings (SSSR count). The first-order valence-electron chi connectivity index (χ1n) is 9.30. The summed E-state index contributed by atoms with van der Waals surface area (Å²) >= 11 is 0. The van der Waals surface area contributed by atoms with E-state index in [0.717, 1.165) is 31.6 Å². The minimum atomic E-state index is -0.541. The predicted octanol–water partition coefficient (Wildman–Crippen LogP) is 2.98. The van der Waals surface area contributed by atoms with Crippen LogP contribution in [0.1, 0.15) is 71.1 Å². The summed E-state index contributed by atoms with van der Waals surface area (Å²) in [4.78, 5) is 0. The first kappa shape index (κ1) is 16.7. The van der Waals surface area contributed by atoms with Gasteiger partial charge < -0.3 is 10.8 Å². The summed E-state index contributed by atoms with van der Waals surface area (Å²) in [6.45, 7) is 2.24. The number of hydrogen-bond donors (Lipinski definition) is 4. The fraction of sp³-hybridized carbons (Fsp3) is 0.889. The van der Waals surface area contributed by atoms with Crippen LogP contribution in [0.3, 0.4) is 0 Å². The van der Waals surface area contributed by atoms with Crippen LogP contribution in [0.25, 0.3) is 0 Å². The standard InChI is InChI=1S/C18H32N4O/c1-17-9-7-14(13-5-3-2-4-6-13)11-18(17,23)10-8-15(17)12-21-22-16(19)20/h12-15,23H,2-11H2,1H3,(H4,19,20,22)/b21-12+/t14-,15+,17+,18-/m0/s1. The minimum absolute atomic E-state index is 0.0832. The third-order valence-corrected chi connectivity index (χ3v) is 7.14. The van der Waals surface area contributed by atoms with Crippen LogP contribution in [0, 0.1) is 28.6 Å². The number of rotatable bonds is 3. The van der Waals surface area contributed by atoms with Crippen molar-refractivity contribution in [2.45, 2.75) is 76.7 Å². The van der Waals surface area contributed by atoms with Crippen molar-refractivity contribution in [1.29, 1.82) is 5.41 Å². The first-order chi connectivity index (χ1) is 10.9. The Kier molecular flexibility index (Phi) is 4.68. The van der Waals surface area contributed by atoms with Crippen LogP contribution in [-0.2, 0) is 0 Å². The van der Waals surface area contributed by atoms with E-state index in [1.807, 2.05) is 6.21 Å². The van der Waals surface area contributed by atoms with E-state index in [4.69, 9.17) is 11.1 Å². The van der Waals surface area contributed by atoms with Crippen molar-refractivity contribution in [3.05, 3.63) is 0 Å². The number of guanidine groups is 1. The molecule has 5 nitrogen and oxygen atoms in total. The second-order valence-corrected chi connectivity index (χ2v) is 8.30. The molecule has 0 aliphatic heterocycles. The topological polar surface area (TPSA) is 94.5 Å². The molecule has 0 amide bonds. The highest BCUT2D eigenvalue weighted by atomic mass is 16.3. The zero-order valence-electron chi connectivity index (χ0n) is 14.4. The molecule has 0 bridgehead atoms. The Morgan fingerprint density at radius 2 is 1.91 bits per heavy atom. The molecule has 0 radical (unpaired) electrons. The average molecular weight is 320 g/mol. The van der Waals surface area contributed by atoms with Crippen molar-refractivity contribution in [2.75, 3.05) is 0 Å². The third-order valence-electron chi connectivity index (χ3n) is 7.14. The summed E-state index contributed by atoms with van der Waals surface area (Å²) in [6, 6.07) is 0. The summed E-state index contributed by atoms with van der Waals surface area (Å²) in [5.41, 5.74) is 7.16. The molecule has 5 heteroatoms. The van der Waals surface area contributed by atoms with Gasteiger partial charge in [-0.05, 0) is 43.9 Å². The van der Waals surface area contributed by atoms with Crippen LogP contribution in [0.4, 0.5) is 0 Å². The number of nitrogens with zero attached hydrogens (tertiary/aromatic N) is 1. The Bertz CT molecular complexity index is 474. The zero-order valence-corrected chi connectivity index (χ0v) is 14.4. The second kappa shape index (κ2) is 6.42. The Morgan fingerprint density at radius 3 is 2.61 bits per heavy atom. The number of hydrazone groups is 1. The van der Waals surface area contributed by atoms with E-state index >= 15 is 0 Å². The molecular formula is C18H32N4O. The minimum Gasteiger partial charge on any atom is -0.389 e. The molecule has 5 N–H and O–H groups in total. The number of nitrogens with one attached hydrogen (secondary N) is 2. The Morgan fingerprint density at radius 1 is 1.17 bits per heavy atom. The molecule has 0 heterocycles. The van der Waals surface area contributed by atoms with Gasteiger partial charge in [-0.1, -0.05) is 39.0 Å². The van der Waals surface area contributed by atoms with E-state index in [-0.39, 0.29) is 17.3 Å². The maximum atomic E-state index is 11.4. The van der Waals surface area contributed by atoms with Crippen LogP contribution in [-0.4, -0.2) is 22.9 Å². The fourth-order valence-corrected chi connectivity index (χ4v) is 5.56. The molecule has 0 spiro atoms. The summed E-state index contributed by atoms with van der Waals surface area (Å²) in [5, 5.41) is 22.7. The van der Waals surface area contributed by atoms with Crippen molar-refractivity contribution in [2.24, 2.45) is 34.0 Å². The third kappa shape index (κ3) is 3.12. The monoisotopic (exact) mass is 320 g/mol. The van der Waals surface area contributed by atoms with E-state index in [2.05, 4.69) is 17.5 Å². The van der Waals surface area contributed by atoms with E-state index < -0.39 is 5.60 Å². The summed E-state index contributed by atoms with van der Waals surface area (Å²) in [6.07, 6.45) is 13.9. The Balaban J connectivity index is 1.68. The van der Waals surface area contributed by atoms with Crippen molar-refractivity contribution >= 4 is 12.2 Å². The molecule has 0 aromatic rings. The number of fused-ring (bicyclic) bond motifs is 1. The first-order valence-corrected chi connectivity index (χ1v) is 9.30. The lowest BCUT2D eigenvalue weighted by molar-refractivity contribution is -0.115. The van der Waals surface area contributed by atoms with Crippen molar-refractivity contribution in [1.82, 2.24) is 5.43 Å². The molecule has 3 aliphatic rings. The number of nitrogens with two attached hydrogens (primary N) is 1. The van der Waals surface area contributed by atoms with Crippen LogP contribution in [0.15, 0.2) is 5.10 Å². The van der Waals surface area contributed by atoms with Gasteiger partial charge in [-0.15, -0.1) is 0 Å². The lowest BCUT2D eigenvalue weighted by atomic mass is 9.57. The van der Waals surface area contributed by atoms with E-state index in [1.165, 1.54) is 38.5 Å². The fourth-order valence-electron chi connectivity index (χ4n) is 5.56. The van der Waals surface area contributed by atoms with Gasteiger partial charge in [0.15, 0.2) is 0 Å². The lowest BCUT2D eigenvalue weighted by Gasteiger charge is -2.50. The molecule has 130 valence electrons. The maximum absolute atomic E-state index is 11.4. The van der Waals surface area contributed by atoms with Gasteiger partial charge in [-0.25, -0.2) is 5.43 Å². The highest BCUT2D eigenvalue weighted by molar-refractivity contribution is 5.75. The van der Waals surface area contributed by atoms with Crippen LogP contribution < -0.4 is 11.2 Å². The molecule has 3 fully saturated rings. The molecule has 3 aliphatic carbocycles. The van der Waals surface area contributed by atoms with Crippen molar-refractivity contribution < 1.29 is 5.11 Å². The van der Waals surface area contributed by atoms with Gasteiger partial charge in [0.05, 0.1) is 5.60 Å². The normalized spacial score (nSPS) is 41.8. The lowest BCUT2D eigenvalue weighted by Crippen LogP contribution is -2.51. The van der Waals surface area contributed by atoms with Gasteiger partial charge in [0.25, 0.3) is 0 Å².